The summed E-state index contributed by atoms with van der Waals surface area (Å²) < 4.78 is 24.2. The molecule has 0 unspecified atom stereocenters. The van der Waals surface area contributed by atoms with Gasteiger partial charge in [0.2, 0.25) is 11.1 Å². The molecule has 1 aromatic heterocycles. The zero-order valence-corrected chi connectivity index (χ0v) is 23.8. The van der Waals surface area contributed by atoms with E-state index in [1.165, 1.54) is 55.5 Å². The summed E-state index contributed by atoms with van der Waals surface area (Å²) in [6.07, 6.45) is 2.35. The number of benzene rings is 4. The van der Waals surface area contributed by atoms with Crippen LogP contribution in [0.25, 0.3) is 33.7 Å². The third-order valence-corrected chi connectivity index (χ3v) is 10.5. The average molecular weight is 530 g/mol. The summed E-state index contributed by atoms with van der Waals surface area (Å²) >= 11 is 1.89. The lowest BCUT2D eigenvalue weighted by atomic mass is 9.46. The Hall–Kier alpha value is -3.31. The van der Waals surface area contributed by atoms with Crippen LogP contribution >= 0.6 is 11.8 Å². The Kier molecular flexibility index (Phi) is 4.63. The van der Waals surface area contributed by atoms with Gasteiger partial charge in [0.25, 0.3) is 0 Å². The van der Waals surface area contributed by atoms with Crippen molar-refractivity contribution in [3.05, 3.63) is 89.2 Å². The highest BCUT2D eigenvalue weighted by Gasteiger charge is 2.52. The normalized spacial score (nSPS) is 17.5. The van der Waals surface area contributed by atoms with E-state index in [1.807, 2.05) is 30.0 Å². The first kappa shape index (κ1) is 23.6. The van der Waals surface area contributed by atoms with E-state index in [0.29, 0.717) is 11.5 Å². The molecule has 39 heavy (non-hydrogen) atoms. The molecule has 8 rings (SSSR count). The fourth-order valence-corrected chi connectivity index (χ4v) is 8.48. The highest BCUT2D eigenvalue weighted by molar-refractivity contribution is 8.00. The van der Waals surface area contributed by atoms with Gasteiger partial charge in [-0.1, -0.05) is 69.8 Å². The number of rotatable bonds is 1. The molecule has 5 heteroatoms. The highest BCUT2D eigenvalue weighted by atomic mass is 32.2. The van der Waals surface area contributed by atoms with Gasteiger partial charge in [-0.2, -0.15) is 0 Å². The fraction of sp³-hybridized carbons (Fsp3) is 0.265. The van der Waals surface area contributed by atoms with E-state index in [4.69, 9.17) is 4.42 Å². The molecule has 0 saturated carbocycles. The second-order valence-corrected chi connectivity index (χ2v) is 13.9. The molecule has 0 radical (unpaired) electrons. The Morgan fingerprint density at radius 3 is 2.31 bits per heavy atom. The van der Waals surface area contributed by atoms with Crippen molar-refractivity contribution in [3.8, 4) is 22.6 Å². The predicted molar refractivity (Wildman–Crippen MR) is 158 cm³/mol. The zero-order chi connectivity index (χ0) is 26.8. The summed E-state index contributed by atoms with van der Waals surface area (Å²) in [6.45, 7) is 11.6. The molecule has 0 saturated heterocycles. The minimum atomic E-state index is -0.268. The zero-order valence-electron chi connectivity index (χ0n) is 23.0. The molecule has 2 aliphatic heterocycles. The number of aryl methyl sites for hydroxylation is 1. The molecular weight excluding hydrogens is 500 g/mol. The number of oxazole rings is 1. The molecule has 1 aliphatic carbocycles. The third kappa shape index (κ3) is 3.14. The summed E-state index contributed by atoms with van der Waals surface area (Å²) in [5, 5.41) is 0. The van der Waals surface area contributed by atoms with Crippen molar-refractivity contribution in [2.24, 2.45) is 0 Å². The van der Waals surface area contributed by atoms with Crippen LogP contribution in [0.4, 0.5) is 4.39 Å². The van der Waals surface area contributed by atoms with E-state index in [-0.39, 0.29) is 23.5 Å². The summed E-state index contributed by atoms with van der Waals surface area (Å²) in [5.74, 6) is 0.309. The van der Waals surface area contributed by atoms with Crippen molar-refractivity contribution in [3.63, 3.8) is 0 Å². The molecule has 5 aromatic rings. The highest BCUT2D eigenvalue weighted by Crippen LogP contribution is 2.48. The molecule has 0 fully saturated rings. The van der Waals surface area contributed by atoms with Gasteiger partial charge in [0.15, 0.2) is 0 Å². The number of aromatic nitrogens is 1. The Labute approximate surface area is 233 Å². The smallest absolute Gasteiger partial charge is 0.399 e. The van der Waals surface area contributed by atoms with E-state index in [2.05, 4.69) is 75.5 Å². The molecule has 3 heterocycles. The molecular formula is C34H30BFNOS+. The number of halogens is 1. The number of hydrogen-bond acceptors (Lipinski definition) is 2. The third-order valence-electron chi connectivity index (χ3n) is 9.38. The molecule has 0 spiro atoms. The number of nitrogens with zero attached hydrogens (tertiary/aromatic N) is 1. The second kappa shape index (κ2) is 7.66. The van der Waals surface area contributed by atoms with Crippen LogP contribution in [0.3, 0.4) is 0 Å². The van der Waals surface area contributed by atoms with E-state index in [0.717, 1.165) is 23.1 Å². The van der Waals surface area contributed by atoms with Gasteiger partial charge < -0.3 is 4.42 Å². The Bertz CT molecular complexity index is 1880. The lowest BCUT2D eigenvalue weighted by Crippen LogP contribution is -2.70. The maximum absolute atomic E-state index is 15.3. The Morgan fingerprint density at radius 2 is 1.54 bits per heavy atom. The number of hydrogen-bond donors (Lipinski definition) is 0. The van der Waals surface area contributed by atoms with Crippen LogP contribution in [0.2, 0.25) is 0 Å². The first-order valence-electron chi connectivity index (χ1n) is 13.9. The summed E-state index contributed by atoms with van der Waals surface area (Å²) in [7, 11) is 0. The summed E-state index contributed by atoms with van der Waals surface area (Å²) in [5.41, 5.74) is 11.7. The monoisotopic (exact) mass is 530 g/mol. The van der Waals surface area contributed by atoms with Crippen molar-refractivity contribution < 1.29 is 13.3 Å². The van der Waals surface area contributed by atoms with Crippen LogP contribution in [-0.4, -0.2) is 6.85 Å². The molecule has 192 valence electrons. The molecule has 0 amide bonds. The molecule has 3 aliphatic rings. The predicted octanol–water partition coefficient (Wildman–Crippen LogP) is 7.28. The standard InChI is InChI=1S/C34H30BFNOS/c1-19-15-22-20-10-8-12-27-31(20)37(32(38-27)21-9-6-7-11-26(21)36)35-25-17-23-24(34(4,5)14-13-33(23,2)3)18-28(25)39-29(16-19)30(22)35/h6-12,15-18H,13-14H2,1-5H3/q+1. The SMILES string of the molecule is Cc1cc2c3c(c1)-c1cccc4oc(-c5ccccc5F)[n+](c14)B3c1cc3c(cc1S2)C(C)(C)CCC3(C)C. The van der Waals surface area contributed by atoms with Crippen LogP contribution < -0.4 is 15.4 Å². The van der Waals surface area contributed by atoms with Gasteiger partial charge in [-0.05, 0) is 89.2 Å². The van der Waals surface area contributed by atoms with Crippen LogP contribution in [0.5, 0.6) is 0 Å². The van der Waals surface area contributed by atoms with Crippen LogP contribution in [0.1, 0.15) is 57.2 Å². The first-order valence-corrected chi connectivity index (χ1v) is 14.7. The molecule has 0 bridgehead atoms. The largest absolute Gasteiger partial charge is 0.565 e. The van der Waals surface area contributed by atoms with Crippen molar-refractivity contribution in [1.29, 1.82) is 0 Å². The number of para-hydroxylation sites is 1. The lowest BCUT2D eigenvalue weighted by Gasteiger charge is -2.43. The maximum atomic E-state index is 15.3. The van der Waals surface area contributed by atoms with Crippen molar-refractivity contribution in [2.75, 3.05) is 0 Å². The van der Waals surface area contributed by atoms with E-state index in [1.54, 1.807) is 6.07 Å². The second-order valence-electron chi connectivity index (χ2n) is 12.8. The maximum Gasteiger partial charge on any atom is 0.565 e. The molecule has 0 atom stereocenters. The lowest BCUT2D eigenvalue weighted by molar-refractivity contribution is -0.496. The van der Waals surface area contributed by atoms with Crippen molar-refractivity contribution in [1.82, 2.24) is 0 Å². The first-order chi connectivity index (χ1) is 18.6. The Morgan fingerprint density at radius 1 is 0.821 bits per heavy atom. The van der Waals surface area contributed by atoms with Crippen LogP contribution in [0.15, 0.2) is 80.9 Å². The molecule has 2 nitrogen and oxygen atoms in total. The quantitative estimate of drug-likeness (QED) is 0.208. The minimum Gasteiger partial charge on any atom is -0.399 e. The molecule has 0 N–H and O–H groups in total. The fourth-order valence-electron chi connectivity index (χ4n) is 7.20. The average Bonchev–Trinajstić information content (AvgIpc) is 3.28. The van der Waals surface area contributed by atoms with Gasteiger partial charge >= 0.3 is 12.7 Å². The van der Waals surface area contributed by atoms with Gasteiger partial charge in [0.05, 0.1) is 5.56 Å². The Balaban J connectivity index is 1.52. The van der Waals surface area contributed by atoms with E-state index >= 15 is 4.39 Å². The van der Waals surface area contributed by atoms with Gasteiger partial charge in [-0.3, -0.25) is 0 Å². The minimum absolute atomic E-state index is 0.0938. The molecule has 4 aromatic carbocycles. The van der Waals surface area contributed by atoms with E-state index < -0.39 is 0 Å². The topological polar surface area (TPSA) is 17.0 Å². The van der Waals surface area contributed by atoms with Crippen molar-refractivity contribution in [2.45, 2.75) is 68.1 Å². The summed E-state index contributed by atoms with van der Waals surface area (Å²) in [6, 6.07) is 22.8. The van der Waals surface area contributed by atoms with Gasteiger partial charge in [-0.15, -0.1) is 0 Å². The van der Waals surface area contributed by atoms with E-state index in [9.17, 15) is 0 Å². The van der Waals surface area contributed by atoms with Crippen LogP contribution in [0, 0.1) is 12.7 Å². The van der Waals surface area contributed by atoms with Crippen molar-refractivity contribution >= 4 is 40.6 Å². The summed E-state index contributed by atoms with van der Waals surface area (Å²) in [4.78, 5) is 2.58. The van der Waals surface area contributed by atoms with Gasteiger partial charge in [0, 0.05) is 20.7 Å². The van der Waals surface area contributed by atoms with Crippen LogP contribution in [-0.2, 0) is 10.8 Å². The van der Waals surface area contributed by atoms with Gasteiger partial charge in [0.1, 0.15) is 11.4 Å². The number of fused-ring (bicyclic) bond motifs is 5. The van der Waals surface area contributed by atoms with Gasteiger partial charge in [-0.25, -0.2) is 8.87 Å².